The van der Waals surface area contributed by atoms with Crippen LogP contribution in [0.3, 0.4) is 0 Å². The predicted molar refractivity (Wildman–Crippen MR) is 161 cm³/mol. The molecular weight excluding hydrogens is 571 g/mol. The van der Waals surface area contributed by atoms with Gasteiger partial charge in [-0.25, -0.2) is 0 Å². The van der Waals surface area contributed by atoms with Gasteiger partial charge in [0.2, 0.25) is 17.7 Å². The van der Waals surface area contributed by atoms with Crippen LogP contribution in [0.4, 0.5) is 5.69 Å². The molecule has 2 saturated carbocycles. The van der Waals surface area contributed by atoms with Gasteiger partial charge in [0.25, 0.3) is 0 Å². The number of benzene rings is 3. The number of aromatic nitrogens is 1. The Bertz CT molecular complexity index is 1830. The number of ether oxygens (including phenoxy) is 1. The summed E-state index contributed by atoms with van der Waals surface area (Å²) in [6.45, 7) is -0.293. The molecule has 8 nitrogen and oxygen atoms in total. The van der Waals surface area contributed by atoms with Crippen molar-refractivity contribution in [3.63, 3.8) is 0 Å². The third kappa shape index (κ3) is 3.74. The summed E-state index contributed by atoms with van der Waals surface area (Å²) in [5.74, 6) is -0.914. The summed E-state index contributed by atoms with van der Waals surface area (Å²) in [7, 11) is 1.63. The fourth-order valence-corrected chi connectivity index (χ4v) is 11.0. The van der Waals surface area contributed by atoms with E-state index in [1.807, 2.05) is 66.7 Å². The molecule has 0 radical (unpaired) electrons. The van der Waals surface area contributed by atoms with Crippen molar-refractivity contribution in [2.45, 2.75) is 22.6 Å². The van der Waals surface area contributed by atoms with Crippen molar-refractivity contribution in [1.29, 1.82) is 0 Å². The average Bonchev–Trinajstić information content (AvgIpc) is 3.73. The van der Waals surface area contributed by atoms with Gasteiger partial charge in [0.1, 0.15) is 12.3 Å². The Morgan fingerprint density at radius 3 is 2.50 bits per heavy atom. The van der Waals surface area contributed by atoms with E-state index in [9.17, 15) is 19.2 Å². The number of likely N-dealkylation sites (tertiary alicyclic amines) is 1. The molecule has 3 amide bonds. The molecule has 1 saturated heterocycles. The molecule has 2 aliphatic heterocycles. The van der Waals surface area contributed by atoms with E-state index in [0.717, 1.165) is 38.4 Å². The van der Waals surface area contributed by atoms with E-state index in [1.165, 1.54) is 16.2 Å². The smallest absolute Gasteiger partial charge is 0.305 e. The number of carbonyl (C=O) groups is 3. The molecule has 2 aliphatic carbocycles. The Hall–Kier alpha value is -3.89. The van der Waals surface area contributed by atoms with E-state index in [-0.39, 0.29) is 58.1 Å². The van der Waals surface area contributed by atoms with Gasteiger partial charge < -0.3 is 15.0 Å². The van der Waals surface area contributed by atoms with E-state index in [4.69, 9.17) is 4.74 Å². The molecule has 3 fully saturated rings. The van der Waals surface area contributed by atoms with Crippen LogP contribution in [0.25, 0.3) is 10.8 Å². The molecule has 4 aliphatic rings. The van der Waals surface area contributed by atoms with Crippen molar-refractivity contribution in [2.75, 3.05) is 19.0 Å². The number of hydrogen-bond donors (Lipinski definition) is 2. The highest BCUT2D eigenvalue weighted by Gasteiger charge is 2.69. The van der Waals surface area contributed by atoms with Crippen LogP contribution in [-0.2, 0) is 14.4 Å². The van der Waals surface area contributed by atoms with Crippen molar-refractivity contribution in [3.8, 4) is 5.75 Å². The standard InChI is InChI=1S/C32H27N3O5S2/c1-40-17-11-9-16(10-12-17)23-24-19-13-20(27(24)41-29-28(23)42-32(39)34-29)26-25(19)30(37)35(31(26)38)14-22(36)33-21-8-4-6-15-5-2-3-7-18(15)21/h2-12,19-20,23-27H,13-14H2,1H3,(H,33,36)(H,34,39)/t19?,20?,23-,24?,25?,26?,27?/m1/s1. The number of amides is 3. The Morgan fingerprint density at radius 1 is 0.976 bits per heavy atom. The maximum Gasteiger partial charge on any atom is 0.305 e. The molecule has 3 aromatic carbocycles. The molecule has 2 bridgehead atoms. The number of fused-ring (bicyclic) bond motifs is 10. The number of nitrogens with one attached hydrogen (secondary N) is 2. The predicted octanol–water partition coefficient (Wildman–Crippen LogP) is 4.71. The molecule has 10 heteroatoms. The first-order valence-corrected chi connectivity index (χ1v) is 15.8. The Labute approximate surface area is 249 Å². The molecule has 42 heavy (non-hydrogen) atoms. The largest absolute Gasteiger partial charge is 0.497 e. The van der Waals surface area contributed by atoms with Crippen LogP contribution < -0.4 is 14.9 Å². The number of hydrogen-bond acceptors (Lipinski definition) is 7. The van der Waals surface area contributed by atoms with Crippen molar-refractivity contribution in [3.05, 3.63) is 86.8 Å². The van der Waals surface area contributed by atoms with Crippen LogP contribution in [0.2, 0.25) is 0 Å². The number of nitrogens with zero attached hydrogens (tertiary/aromatic N) is 1. The minimum atomic E-state index is -0.437. The average molecular weight is 598 g/mol. The van der Waals surface area contributed by atoms with Gasteiger partial charge in [-0.3, -0.25) is 24.1 Å². The second-order valence-electron chi connectivity index (χ2n) is 11.6. The lowest BCUT2D eigenvalue weighted by Crippen LogP contribution is -2.42. The lowest BCUT2D eigenvalue weighted by molar-refractivity contribution is -0.143. The van der Waals surface area contributed by atoms with Crippen molar-refractivity contribution in [2.24, 2.45) is 29.6 Å². The van der Waals surface area contributed by atoms with E-state index >= 15 is 0 Å². The molecule has 6 unspecified atom stereocenters. The lowest BCUT2D eigenvalue weighted by Gasteiger charge is -2.43. The van der Waals surface area contributed by atoms with E-state index in [2.05, 4.69) is 10.3 Å². The Morgan fingerprint density at radius 2 is 1.71 bits per heavy atom. The highest BCUT2D eigenvalue weighted by atomic mass is 32.2. The monoisotopic (exact) mass is 597 g/mol. The number of thiazole rings is 1. The first-order valence-electron chi connectivity index (χ1n) is 14.1. The number of H-pyrrole nitrogens is 1. The second kappa shape index (κ2) is 9.57. The number of thioether (sulfide) groups is 1. The van der Waals surface area contributed by atoms with Crippen molar-refractivity contribution in [1.82, 2.24) is 9.88 Å². The fraction of sp³-hybridized carbons (Fsp3) is 0.312. The lowest BCUT2D eigenvalue weighted by atomic mass is 9.68. The first-order chi connectivity index (χ1) is 20.4. The summed E-state index contributed by atoms with van der Waals surface area (Å²) >= 11 is 2.89. The van der Waals surface area contributed by atoms with Crippen LogP contribution in [0.1, 0.15) is 22.8 Å². The molecule has 212 valence electrons. The molecule has 0 spiro atoms. The summed E-state index contributed by atoms with van der Waals surface area (Å²) < 4.78 is 5.37. The maximum absolute atomic E-state index is 13.9. The maximum atomic E-state index is 13.9. The normalized spacial score (nSPS) is 29.0. The molecule has 4 aromatic rings. The third-order valence-corrected chi connectivity index (χ3v) is 12.2. The summed E-state index contributed by atoms with van der Waals surface area (Å²) in [4.78, 5) is 58.4. The van der Waals surface area contributed by atoms with Gasteiger partial charge in [-0.2, -0.15) is 0 Å². The number of rotatable bonds is 5. The number of imide groups is 1. The molecule has 1 aromatic heterocycles. The number of carbonyl (C=O) groups excluding carboxylic acids is 3. The van der Waals surface area contributed by atoms with Crippen molar-refractivity contribution < 1.29 is 19.1 Å². The van der Waals surface area contributed by atoms with Crippen LogP contribution in [0.15, 0.2) is 76.6 Å². The topological polar surface area (TPSA) is 109 Å². The number of aromatic amines is 1. The van der Waals surface area contributed by atoms with E-state index in [1.54, 1.807) is 18.9 Å². The highest BCUT2D eigenvalue weighted by molar-refractivity contribution is 8.00. The van der Waals surface area contributed by atoms with Gasteiger partial charge in [-0.1, -0.05) is 59.9 Å². The van der Waals surface area contributed by atoms with Gasteiger partial charge in [0, 0.05) is 27.1 Å². The third-order valence-electron chi connectivity index (χ3n) is 9.66. The van der Waals surface area contributed by atoms with Crippen LogP contribution in [0, 0.1) is 29.6 Å². The zero-order valence-corrected chi connectivity index (χ0v) is 24.2. The first kappa shape index (κ1) is 25.8. The van der Waals surface area contributed by atoms with Crippen molar-refractivity contribution >= 4 is 57.3 Å². The van der Waals surface area contributed by atoms with Gasteiger partial charge in [-0.05, 0) is 53.3 Å². The summed E-state index contributed by atoms with van der Waals surface area (Å²) in [5.41, 5.74) is 1.73. The van der Waals surface area contributed by atoms with Crippen LogP contribution >= 0.6 is 23.1 Å². The fourth-order valence-electron chi connectivity index (χ4n) is 8.09. The molecule has 3 heterocycles. The van der Waals surface area contributed by atoms with Gasteiger partial charge in [0.05, 0.1) is 24.0 Å². The minimum Gasteiger partial charge on any atom is -0.497 e. The second-order valence-corrected chi connectivity index (χ2v) is 13.8. The van der Waals surface area contributed by atoms with E-state index < -0.39 is 11.8 Å². The molecule has 2 N–H and O–H groups in total. The quantitative estimate of drug-likeness (QED) is 0.323. The summed E-state index contributed by atoms with van der Waals surface area (Å²) in [6, 6.07) is 21.4. The molecular formula is C32H27N3O5S2. The Kier molecular flexibility index (Phi) is 5.88. The molecule has 7 atom stereocenters. The van der Waals surface area contributed by atoms with Gasteiger partial charge >= 0.3 is 4.87 Å². The zero-order chi connectivity index (χ0) is 28.7. The van der Waals surface area contributed by atoms with E-state index in [0.29, 0.717) is 5.69 Å². The highest BCUT2D eigenvalue weighted by Crippen LogP contribution is 2.68. The van der Waals surface area contributed by atoms with Gasteiger partial charge in [-0.15, -0.1) is 11.8 Å². The van der Waals surface area contributed by atoms with Crippen LogP contribution in [-0.4, -0.2) is 46.5 Å². The summed E-state index contributed by atoms with van der Waals surface area (Å²) in [6.07, 6.45) is 0.803. The number of anilines is 1. The number of methoxy groups -OCH3 is 1. The van der Waals surface area contributed by atoms with Gasteiger partial charge in [0.15, 0.2) is 0 Å². The molecule has 8 rings (SSSR count). The Balaban J connectivity index is 1.09. The van der Waals surface area contributed by atoms with Crippen LogP contribution in [0.5, 0.6) is 5.75 Å². The SMILES string of the molecule is COc1ccc([C@H]2c3sc(=O)[nH]c3SC3C4CC(C5C(=O)N(CC(=O)Nc6cccc7ccccc67)C(=O)C45)C32)cc1. The summed E-state index contributed by atoms with van der Waals surface area (Å²) in [5, 5.41) is 5.80. The minimum absolute atomic E-state index is 0.00229. The zero-order valence-electron chi connectivity index (χ0n) is 22.6.